The molecule has 0 heterocycles. The van der Waals surface area contributed by atoms with Crippen LogP contribution in [0.25, 0.3) is 6.08 Å². The first-order valence-corrected chi connectivity index (χ1v) is 5.86. The molecule has 1 aromatic carbocycles. The van der Waals surface area contributed by atoms with Crippen molar-refractivity contribution < 1.29 is 13.6 Å². The number of benzene rings is 1. The van der Waals surface area contributed by atoms with E-state index in [2.05, 4.69) is 5.32 Å². The number of rotatable bonds is 5. The van der Waals surface area contributed by atoms with E-state index in [1.807, 2.05) is 19.8 Å². The molecule has 0 fully saturated rings. The number of anilines is 1. The Labute approximate surface area is 117 Å². The second-order valence-corrected chi connectivity index (χ2v) is 3.76. The summed E-state index contributed by atoms with van der Waals surface area (Å²) in [6.45, 7) is 4.98. The molecule has 0 aliphatic carbocycles. The van der Waals surface area contributed by atoms with Crippen LogP contribution in [0.1, 0.15) is 12.5 Å². The molecule has 0 bridgehead atoms. The predicted octanol–water partition coefficient (Wildman–Crippen LogP) is 1.83. The van der Waals surface area contributed by atoms with Crippen LogP contribution in [-0.2, 0) is 4.79 Å². The molecule has 20 heavy (non-hydrogen) atoms. The van der Waals surface area contributed by atoms with Gasteiger partial charge in [-0.2, -0.15) is 0 Å². The normalized spacial score (nSPS) is 11.1. The van der Waals surface area contributed by atoms with E-state index in [1.54, 1.807) is 12.3 Å². The van der Waals surface area contributed by atoms with Gasteiger partial charge in [0.25, 0.3) is 0 Å². The Hall–Kier alpha value is -2.21. The van der Waals surface area contributed by atoms with Crippen molar-refractivity contribution >= 4 is 18.6 Å². The van der Waals surface area contributed by atoms with Crippen LogP contribution in [0.5, 0.6) is 0 Å². The zero-order valence-corrected chi connectivity index (χ0v) is 11.3. The molecule has 110 valence electrons. The zero-order chi connectivity index (χ0) is 15.5. The smallest absolute Gasteiger partial charge is 0.160 e. The molecule has 0 spiro atoms. The molecule has 0 saturated heterocycles. The fraction of sp³-hybridized carbons (Fsp3) is 0.214. The second kappa shape index (κ2) is 9.69. The number of nitrogen functional groups attached to an aromatic ring is 1. The highest BCUT2D eigenvalue weighted by atomic mass is 19.2. The van der Waals surface area contributed by atoms with Gasteiger partial charge in [0, 0.05) is 30.4 Å². The summed E-state index contributed by atoms with van der Waals surface area (Å²) in [4.78, 5) is 8.00. The van der Waals surface area contributed by atoms with Gasteiger partial charge in [0.15, 0.2) is 11.6 Å². The Balaban J connectivity index is 0.00000172. The van der Waals surface area contributed by atoms with Crippen LogP contribution in [0.4, 0.5) is 14.5 Å². The summed E-state index contributed by atoms with van der Waals surface area (Å²) in [6.07, 6.45) is 5.14. The molecule has 0 saturated carbocycles. The van der Waals surface area contributed by atoms with E-state index in [0.717, 1.165) is 17.7 Å². The lowest BCUT2D eigenvalue weighted by Crippen LogP contribution is -2.15. The van der Waals surface area contributed by atoms with E-state index in [9.17, 15) is 8.78 Å². The number of nitrogens with two attached hydrogens (primary N) is 2. The first-order chi connectivity index (χ1) is 9.58. The number of carbonyl (C=O) groups excluding carboxylic acids is 1. The van der Waals surface area contributed by atoms with Gasteiger partial charge in [-0.3, -0.25) is 0 Å². The van der Waals surface area contributed by atoms with Gasteiger partial charge in [-0.1, -0.05) is 6.08 Å². The summed E-state index contributed by atoms with van der Waals surface area (Å²) in [5.74, 6) is -1.86. The van der Waals surface area contributed by atoms with Crippen molar-refractivity contribution in [2.24, 2.45) is 5.73 Å². The average Bonchev–Trinajstić information content (AvgIpc) is 2.46. The largest absolute Gasteiger partial charge is 0.398 e. The molecule has 0 aliphatic rings. The maximum absolute atomic E-state index is 13.0. The summed E-state index contributed by atoms with van der Waals surface area (Å²) >= 11 is 0. The van der Waals surface area contributed by atoms with Crippen molar-refractivity contribution in [1.29, 1.82) is 0 Å². The summed E-state index contributed by atoms with van der Waals surface area (Å²) in [7, 11) is 0. The first-order valence-electron chi connectivity index (χ1n) is 5.86. The van der Waals surface area contributed by atoms with Crippen molar-refractivity contribution in [3.8, 4) is 0 Å². The van der Waals surface area contributed by atoms with Gasteiger partial charge in [0.2, 0.25) is 0 Å². The molecular formula is C14H19F2N3O. The Morgan fingerprint density at radius 1 is 1.35 bits per heavy atom. The lowest BCUT2D eigenvalue weighted by molar-refractivity contribution is -0.0979. The monoisotopic (exact) mass is 283 g/mol. The molecule has 5 N–H and O–H groups in total. The molecule has 6 heteroatoms. The van der Waals surface area contributed by atoms with Gasteiger partial charge in [-0.25, -0.2) is 8.78 Å². The Bertz CT molecular complexity index is 488. The third-order valence-corrected chi connectivity index (χ3v) is 2.51. The van der Waals surface area contributed by atoms with E-state index in [4.69, 9.17) is 16.3 Å². The molecule has 0 aliphatic heterocycles. The third-order valence-electron chi connectivity index (χ3n) is 2.51. The lowest BCUT2D eigenvalue weighted by Gasteiger charge is -2.04. The van der Waals surface area contributed by atoms with Gasteiger partial charge in [0.1, 0.15) is 6.79 Å². The van der Waals surface area contributed by atoms with Crippen molar-refractivity contribution in [2.75, 3.05) is 18.8 Å². The van der Waals surface area contributed by atoms with Crippen LogP contribution >= 0.6 is 0 Å². The molecule has 0 amide bonds. The number of halogens is 2. The Kier molecular flexibility index (Phi) is 8.61. The standard InChI is InChI=1S/C13H17F2N3.CH2O/c1-2-9(7-16)8-18-4-3-10-5-11(14)12(15)6-13(10)17;1-2/h2-6,18H,7-8,16-17H2,1H3;1H2/b4-3+,9-2-;. The molecule has 0 radical (unpaired) electrons. The molecular weight excluding hydrogens is 264 g/mol. The van der Waals surface area contributed by atoms with E-state index < -0.39 is 11.6 Å². The molecule has 0 atom stereocenters. The van der Waals surface area contributed by atoms with Crippen molar-refractivity contribution in [1.82, 2.24) is 5.32 Å². The minimum Gasteiger partial charge on any atom is -0.398 e. The average molecular weight is 283 g/mol. The maximum atomic E-state index is 13.0. The van der Waals surface area contributed by atoms with Gasteiger partial charge >= 0.3 is 0 Å². The predicted molar refractivity (Wildman–Crippen MR) is 77.7 cm³/mol. The SMILES string of the molecule is C/C=C(/CN)CN/C=C/c1cc(F)c(F)cc1N.C=O. The van der Waals surface area contributed by atoms with Crippen LogP contribution in [0.15, 0.2) is 30.0 Å². The van der Waals surface area contributed by atoms with Crippen molar-refractivity contribution in [2.45, 2.75) is 6.92 Å². The Morgan fingerprint density at radius 3 is 2.50 bits per heavy atom. The van der Waals surface area contributed by atoms with Crippen LogP contribution in [0.3, 0.4) is 0 Å². The minimum atomic E-state index is -0.947. The molecule has 1 aromatic rings. The van der Waals surface area contributed by atoms with Gasteiger partial charge < -0.3 is 21.6 Å². The van der Waals surface area contributed by atoms with E-state index in [1.165, 1.54) is 0 Å². The summed E-state index contributed by atoms with van der Waals surface area (Å²) in [5.41, 5.74) is 12.7. The zero-order valence-electron chi connectivity index (χ0n) is 11.3. The highest BCUT2D eigenvalue weighted by Gasteiger charge is 2.04. The topological polar surface area (TPSA) is 81.1 Å². The second-order valence-electron chi connectivity index (χ2n) is 3.76. The highest BCUT2D eigenvalue weighted by molar-refractivity contribution is 5.64. The molecule has 1 rings (SSSR count). The van der Waals surface area contributed by atoms with Gasteiger partial charge in [-0.15, -0.1) is 0 Å². The van der Waals surface area contributed by atoms with E-state index >= 15 is 0 Å². The Morgan fingerprint density at radius 2 is 1.95 bits per heavy atom. The summed E-state index contributed by atoms with van der Waals surface area (Å²) in [5, 5.41) is 3.00. The molecule has 4 nitrogen and oxygen atoms in total. The first kappa shape index (κ1) is 17.8. The van der Waals surface area contributed by atoms with E-state index in [0.29, 0.717) is 18.7 Å². The fourth-order valence-corrected chi connectivity index (χ4v) is 1.35. The third kappa shape index (κ3) is 5.62. The van der Waals surface area contributed by atoms with Crippen molar-refractivity contribution in [3.05, 3.63) is 47.2 Å². The highest BCUT2D eigenvalue weighted by Crippen LogP contribution is 2.17. The lowest BCUT2D eigenvalue weighted by atomic mass is 10.1. The number of hydrogen-bond donors (Lipinski definition) is 3. The van der Waals surface area contributed by atoms with Gasteiger partial charge in [-0.05, 0) is 30.8 Å². The quantitative estimate of drug-likeness (QED) is 0.569. The van der Waals surface area contributed by atoms with Crippen LogP contribution in [0.2, 0.25) is 0 Å². The van der Waals surface area contributed by atoms with Gasteiger partial charge in [0.05, 0.1) is 0 Å². The van der Waals surface area contributed by atoms with Crippen molar-refractivity contribution in [3.63, 3.8) is 0 Å². The number of hydrogen-bond acceptors (Lipinski definition) is 4. The van der Waals surface area contributed by atoms with Crippen LogP contribution in [0, 0.1) is 11.6 Å². The number of allylic oxidation sites excluding steroid dienone is 1. The summed E-state index contributed by atoms with van der Waals surface area (Å²) in [6, 6.07) is 2.02. The molecule has 0 aromatic heterocycles. The molecule has 0 unspecified atom stereocenters. The maximum Gasteiger partial charge on any atom is 0.160 e. The van der Waals surface area contributed by atoms with Crippen LogP contribution in [-0.4, -0.2) is 19.9 Å². The minimum absolute atomic E-state index is 0.192. The van der Waals surface area contributed by atoms with E-state index in [-0.39, 0.29) is 5.69 Å². The number of nitrogens with one attached hydrogen (secondary N) is 1. The fourth-order valence-electron chi connectivity index (χ4n) is 1.35. The number of carbonyl (C=O) groups is 1. The van der Waals surface area contributed by atoms with Crippen LogP contribution < -0.4 is 16.8 Å². The summed E-state index contributed by atoms with van der Waals surface area (Å²) < 4.78 is 25.8.